The number of anilines is 1. The van der Waals surface area contributed by atoms with Gasteiger partial charge < -0.3 is 20.1 Å². The fourth-order valence-corrected chi connectivity index (χ4v) is 2.85. The minimum atomic E-state index is -0.445. The van der Waals surface area contributed by atoms with Gasteiger partial charge in [0.2, 0.25) is 5.91 Å². The molecule has 0 aliphatic rings. The molecule has 3 aromatic rings. The monoisotopic (exact) mass is 390 g/mol. The minimum absolute atomic E-state index is 0.142. The van der Waals surface area contributed by atoms with E-state index in [9.17, 15) is 4.79 Å². The van der Waals surface area contributed by atoms with Crippen molar-refractivity contribution in [1.29, 1.82) is 0 Å². The molecule has 0 aromatic heterocycles. The number of para-hydroxylation sites is 1. The molecule has 0 saturated heterocycles. The van der Waals surface area contributed by atoms with Crippen LogP contribution < -0.4 is 15.4 Å². The Kier molecular flexibility index (Phi) is 7.39. The van der Waals surface area contributed by atoms with Crippen LogP contribution in [0.15, 0.2) is 78.9 Å². The summed E-state index contributed by atoms with van der Waals surface area (Å²) in [6, 6.07) is 24.6. The number of hydrogen-bond donors (Lipinski definition) is 2. The fraction of sp³-hybridized carbons (Fsp3) is 0.208. The highest BCUT2D eigenvalue weighted by molar-refractivity contribution is 5.95. The predicted molar refractivity (Wildman–Crippen MR) is 115 cm³/mol. The first-order chi connectivity index (χ1) is 14.2. The zero-order chi connectivity index (χ0) is 20.5. The zero-order valence-electron chi connectivity index (χ0n) is 16.7. The third-order valence-corrected chi connectivity index (χ3v) is 4.47. The number of aryl methyl sites for hydroxylation is 1. The SMILES string of the molecule is CN[C@@H](COCc1ccccc1)C(=O)Nc1ccc(Oc2ccccc2)c(C)c1. The highest BCUT2D eigenvalue weighted by atomic mass is 16.5. The van der Waals surface area contributed by atoms with Crippen LogP contribution in [-0.4, -0.2) is 25.6 Å². The first-order valence-corrected chi connectivity index (χ1v) is 9.59. The Morgan fingerprint density at radius 2 is 1.66 bits per heavy atom. The average Bonchev–Trinajstić information content (AvgIpc) is 2.74. The lowest BCUT2D eigenvalue weighted by molar-refractivity contribution is -0.119. The highest BCUT2D eigenvalue weighted by Gasteiger charge is 2.17. The first kappa shape index (κ1) is 20.6. The van der Waals surface area contributed by atoms with Crippen LogP contribution in [0.1, 0.15) is 11.1 Å². The topological polar surface area (TPSA) is 59.6 Å². The first-order valence-electron chi connectivity index (χ1n) is 9.59. The average molecular weight is 390 g/mol. The van der Waals surface area contributed by atoms with Crippen molar-refractivity contribution in [1.82, 2.24) is 5.32 Å². The van der Waals surface area contributed by atoms with Crippen LogP contribution in [0.5, 0.6) is 11.5 Å². The highest BCUT2D eigenvalue weighted by Crippen LogP contribution is 2.27. The normalized spacial score (nSPS) is 11.7. The standard InChI is InChI=1S/C24H26N2O3/c1-18-15-20(13-14-23(18)29-21-11-7-4-8-12-21)26-24(27)22(25-2)17-28-16-19-9-5-3-6-10-19/h3-15,22,25H,16-17H2,1-2H3,(H,26,27)/t22-/m0/s1. The van der Waals surface area contributed by atoms with Gasteiger partial charge in [0.15, 0.2) is 0 Å². The van der Waals surface area contributed by atoms with Gasteiger partial charge in [0.25, 0.3) is 0 Å². The maximum atomic E-state index is 12.6. The summed E-state index contributed by atoms with van der Waals surface area (Å²) in [4.78, 5) is 12.6. The van der Waals surface area contributed by atoms with Gasteiger partial charge in [0, 0.05) is 5.69 Å². The van der Waals surface area contributed by atoms with Crippen LogP contribution in [0.25, 0.3) is 0 Å². The number of hydrogen-bond acceptors (Lipinski definition) is 4. The zero-order valence-corrected chi connectivity index (χ0v) is 16.7. The molecule has 150 valence electrons. The third kappa shape index (κ3) is 6.17. The summed E-state index contributed by atoms with van der Waals surface area (Å²) in [7, 11) is 1.75. The number of amides is 1. The van der Waals surface area contributed by atoms with E-state index in [-0.39, 0.29) is 12.5 Å². The largest absolute Gasteiger partial charge is 0.457 e. The molecule has 0 heterocycles. The molecule has 0 aliphatic heterocycles. The number of rotatable bonds is 9. The lowest BCUT2D eigenvalue weighted by Gasteiger charge is -2.17. The van der Waals surface area contributed by atoms with E-state index in [4.69, 9.17) is 9.47 Å². The molecule has 1 amide bonds. The molecular formula is C24H26N2O3. The molecule has 3 rings (SSSR count). The van der Waals surface area contributed by atoms with E-state index in [0.29, 0.717) is 6.61 Å². The van der Waals surface area contributed by atoms with Crippen molar-refractivity contribution in [3.8, 4) is 11.5 Å². The Bertz CT molecular complexity index is 914. The van der Waals surface area contributed by atoms with Gasteiger partial charge in [0.1, 0.15) is 17.5 Å². The van der Waals surface area contributed by atoms with E-state index >= 15 is 0 Å². The van der Waals surface area contributed by atoms with Crippen molar-refractivity contribution in [2.24, 2.45) is 0 Å². The van der Waals surface area contributed by atoms with Gasteiger partial charge in [-0.15, -0.1) is 0 Å². The summed E-state index contributed by atoms with van der Waals surface area (Å²) in [5, 5.41) is 5.94. The fourth-order valence-electron chi connectivity index (χ4n) is 2.85. The van der Waals surface area contributed by atoms with Crippen molar-refractivity contribution < 1.29 is 14.3 Å². The Morgan fingerprint density at radius 1 is 0.966 bits per heavy atom. The van der Waals surface area contributed by atoms with Gasteiger partial charge in [-0.25, -0.2) is 0 Å². The molecule has 0 spiro atoms. The van der Waals surface area contributed by atoms with E-state index in [2.05, 4.69) is 10.6 Å². The van der Waals surface area contributed by atoms with Crippen LogP contribution in [0, 0.1) is 6.92 Å². The Hall–Kier alpha value is -3.15. The molecule has 0 unspecified atom stereocenters. The van der Waals surface area contributed by atoms with E-state index in [1.54, 1.807) is 7.05 Å². The van der Waals surface area contributed by atoms with Crippen LogP contribution in [0.3, 0.4) is 0 Å². The second-order valence-electron chi connectivity index (χ2n) is 6.73. The van der Waals surface area contributed by atoms with Gasteiger partial charge in [-0.05, 0) is 55.4 Å². The number of likely N-dealkylation sites (N-methyl/N-ethyl adjacent to an activating group) is 1. The molecule has 0 saturated carbocycles. The van der Waals surface area contributed by atoms with Crippen molar-refractivity contribution in [2.45, 2.75) is 19.6 Å². The molecule has 0 fully saturated rings. The maximum Gasteiger partial charge on any atom is 0.243 e. The molecule has 2 N–H and O–H groups in total. The molecule has 5 heteroatoms. The Morgan fingerprint density at radius 3 is 2.31 bits per heavy atom. The smallest absolute Gasteiger partial charge is 0.243 e. The summed E-state index contributed by atoms with van der Waals surface area (Å²) in [5.74, 6) is 1.39. The van der Waals surface area contributed by atoms with Crippen molar-refractivity contribution in [2.75, 3.05) is 19.0 Å². The van der Waals surface area contributed by atoms with Crippen LogP contribution in [0.4, 0.5) is 5.69 Å². The Labute approximate surface area is 171 Å². The molecule has 29 heavy (non-hydrogen) atoms. The summed E-state index contributed by atoms with van der Waals surface area (Å²) in [5.41, 5.74) is 2.73. The van der Waals surface area contributed by atoms with Crippen LogP contribution >= 0.6 is 0 Å². The van der Waals surface area contributed by atoms with Crippen LogP contribution in [0.2, 0.25) is 0 Å². The molecular weight excluding hydrogens is 364 g/mol. The van der Waals surface area contributed by atoms with Crippen molar-refractivity contribution in [3.63, 3.8) is 0 Å². The minimum Gasteiger partial charge on any atom is -0.457 e. The molecule has 5 nitrogen and oxygen atoms in total. The van der Waals surface area contributed by atoms with Crippen molar-refractivity contribution in [3.05, 3.63) is 90.0 Å². The summed E-state index contributed by atoms with van der Waals surface area (Å²) in [6.07, 6.45) is 0. The Balaban J connectivity index is 1.54. The number of ether oxygens (including phenoxy) is 2. The second-order valence-corrected chi connectivity index (χ2v) is 6.73. The third-order valence-electron chi connectivity index (χ3n) is 4.47. The van der Waals surface area contributed by atoms with Gasteiger partial charge in [-0.3, -0.25) is 4.79 Å². The summed E-state index contributed by atoms with van der Waals surface area (Å²) < 4.78 is 11.6. The molecule has 0 bridgehead atoms. The molecule has 0 radical (unpaired) electrons. The number of carbonyl (C=O) groups is 1. The van der Waals surface area contributed by atoms with E-state index in [1.807, 2.05) is 85.8 Å². The lowest BCUT2D eigenvalue weighted by atomic mass is 10.2. The van der Waals surface area contributed by atoms with Gasteiger partial charge in [-0.2, -0.15) is 0 Å². The van der Waals surface area contributed by atoms with Gasteiger partial charge in [0.05, 0.1) is 13.2 Å². The maximum absolute atomic E-state index is 12.6. The number of carbonyl (C=O) groups excluding carboxylic acids is 1. The quantitative estimate of drug-likeness (QED) is 0.564. The van der Waals surface area contributed by atoms with Crippen molar-refractivity contribution >= 4 is 11.6 Å². The summed E-state index contributed by atoms with van der Waals surface area (Å²) in [6.45, 7) is 2.70. The molecule has 3 aromatic carbocycles. The van der Waals surface area contributed by atoms with Gasteiger partial charge in [-0.1, -0.05) is 48.5 Å². The summed E-state index contributed by atoms with van der Waals surface area (Å²) >= 11 is 0. The number of nitrogens with one attached hydrogen (secondary N) is 2. The molecule has 0 aliphatic carbocycles. The number of benzene rings is 3. The van der Waals surface area contributed by atoms with Crippen LogP contribution in [-0.2, 0) is 16.1 Å². The van der Waals surface area contributed by atoms with E-state index < -0.39 is 6.04 Å². The van der Waals surface area contributed by atoms with Gasteiger partial charge >= 0.3 is 0 Å². The second kappa shape index (κ2) is 10.4. The lowest BCUT2D eigenvalue weighted by Crippen LogP contribution is -2.42. The predicted octanol–water partition coefficient (Wildman–Crippen LogP) is 4.53. The van der Waals surface area contributed by atoms with E-state index in [0.717, 1.165) is 28.3 Å². The van der Waals surface area contributed by atoms with E-state index in [1.165, 1.54) is 0 Å². The molecule has 1 atom stereocenters.